The van der Waals surface area contributed by atoms with Gasteiger partial charge in [-0.1, -0.05) is 6.07 Å². The summed E-state index contributed by atoms with van der Waals surface area (Å²) >= 11 is 0. The van der Waals surface area contributed by atoms with E-state index in [1.807, 2.05) is 37.5 Å². The van der Waals surface area contributed by atoms with Gasteiger partial charge in [-0.05, 0) is 24.6 Å². The van der Waals surface area contributed by atoms with E-state index < -0.39 is 6.10 Å². The fraction of sp³-hybridized carbons (Fsp3) is 0.526. The lowest BCUT2D eigenvalue weighted by molar-refractivity contribution is -0.131. The van der Waals surface area contributed by atoms with Gasteiger partial charge in [-0.15, -0.1) is 0 Å². The number of aryl methyl sites for hydroxylation is 1. The smallest absolute Gasteiger partial charge is 0.244 e. The number of carbonyl (C=O) groups excluding carboxylic acids is 1. The molecule has 0 unspecified atom stereocenters. The van der Waals surface area contributed by atoms with Crippen molar-refractivity contribution in [2.75, 3.05) is 44.2 Å². The first-order valence-electron chi connectivity index (χ1n) is 9.45. The van der Waals surface area contributed by atoms with E-state index in [1.54, 1.807) is 15.8 Å². The van der Waals surface area contributed by atoms with Crippen molar-refractivity contribution in [3.05, 3.63) is 42.4 Å². The van der Waals surface area contributed by atoms with E-state index in [0.717, 1.165) is 37.6 Å². The summed E-state index contributed by atoms with van der Waals surface area (Å²) in [6.07, 6.45) is 4.91. The van der Waals surface area contributed by atoms with Crippen molar-refractivity contribution in [1.82, 2.24) is 24.6 Å². The average molecular weight is 370 g/mol. The molecule has 2 fully saturated rings. The van der Waals surface area contributed by atoms with Crippen molar-refractivity contribution < 1.29 is 9.90 Å². The van der Waals surface area contributed by atoms with Crippen LogP contribution in [0.3, 0.4) is 0 Å². The third-order valence-electron chi connectivity index (χ3n) is 5.43. The molecule has 0 radical (unpaired) electrons. The molecule has 4 heterocycles. The number of aliphatic hydroxyl groups is 1. The number of nitrogens with zero attached hydrogens (tertiary/aromatic N) is 6. The molecule has 1 amide bonds. The number of aromatic nitrogens is 3. The quantitative estimate of drug-likeness (QED) is 0.815. The first-order chi connectivity index (χ1) is 13.1. The molecule has 2 aromatic heterocycles. The largest absolute Gasteiger partial charge is 0.390 e. The Balaban J connectivity index is 1.32. The van der Waals surface area contributed by atoms with Gasteiger partial charge in [0.1, 0.15) is 12.4 Å². The van der Waals surface area contributed by atoms with Crippen LogP contribution in [-0.2, 0) is 11.3 Å². The highest BCUT2D eigenvalue weighted by Gasteiger charge is 2.38. The van der Waals surface area contributed by atoms with Crippen molar-refractivity contribution >= 4 is 11.7 Å². The number of hydrogen-bond acceptors (Lipinski definition) is 6. The minimum atomic E-state index is -0.505. The number of β-amino-alcohol motifs (C(OH)–C–C–N with tert-alkyl or cyclic N) is 1. The van der Waals surface area contributed by atoms with Crippen molar-refractivity contribution in [3.63, 3.8) is 0 Å². The molecule has 8 heteroatoms. The van der Waals surface area contributed by atoms with Crippen LogP contribution in [0.15, 0.2) is 36.8 Å². The Kier molecular flexibility index (Phi) is 5.09. The molecule has 0 aliphatic carbocycles. The maximum atomic E-state index is 12.6. The number of likely N-dealkylation sites (tertiary alicyclic amines) is 1. The van der Waals surface area contributed by atoms with Crippen LogP contribution in [0.2, 0.25) is 0 Å². The maximum Gasteiger partial charge on any atom is 0.244 e. The van der Waals surface area contributed by atoms with E-state index >= 15 is 0 Å². The predicted octanol–water partition coefficient (Wildman–Crippen LogP) is -0.0196. The van der Waals surface area contributed by atoms with E-state index in [9.17, 15) is 9.90 Å². The molecular formula is C19H26N6O2. The molecule has 2 aromatic rings. The molecule has 2 aliphatic heterocycles. The van der Waals surface area contributed by atoms with E-state index in [0.29, 0.717) is 13.1 Å². The van der Waals surface area contributed by atoms with Gasteiger partial charge in [0.15, 0.2) is 0 Å². The van der Waals surface area contributed by atoms with Gasteiger partial charge in [-0.3, -0.25) is 14.4 Å². The predicted molar refractivity (Wildman–Crippen MR) is 101 cm³/mol. The second-order valence-electron chi connectivity index (χ2n) is 7.36. The number of amides is 1. The summed E-state index contributed by atoms with van der Waals surface area (Å²) in [6, 6.07) is 5.95. The van der Waals surface area contributed by atoms with Gasteiger partial charge in [-0.25, -0.2) is 4.98 Å². The van der Waals surface area contributed by atoms with Gasteiger partial charge in [0, 0.05) is 51.7 Å². The number of hydrogen-bond donors (Lipinski definition) is 1. The number of carbonyl (C=O) groups is 1. The third kappa shape index (κ3) is 3.96. The Morgan fingerprint density at radius 2 is 2.04 bits per heavy atom. The summed E-state index contributed by atoms with van der Waals surface area (Å²) in [5, 5.41) is 14.7. The van der Waals surface area contributed by atoms with Crippen LogP contribution in [-0.4, -0.2) is 87.0 Å². The second-order valence-corrected chi connectivity index (χ2v) is 7.36. The number of pyridine rings is 1. The number of piperazine rings is 1. The molecule has 1 N–H and O–H groups in total. The van der Waals surface area contributed by atoms with E-state index in [4.69, 9.17) is 0 Å². The third-order valence-corrected chi connectivity index (χ3v) is 5.43. The molecular weight excluding hydrogens is 344 g/mol. The van der Waals surface area contributed by atoms with Gasteiger partial charge in [0.05, 0.1) is 18.3 Å². The standard InChI is InChI=1S/C19H26N6O2/c1-15-10-21-25(11-15)14-19(27)24-12-16(17(26)13-24)22-6-8-23(9-7-22)18-4-2-3-5-20-18/h2-5,10-11,16-17,26H,6-9,12-14H2,1H3/t16-,17-/m0/s1. The summed E-state index contributed by atoms with van der Waals surface area (Å²) < 4.78 is 1.66. The molecule has 8 nitrogen and oxygen atoms in total. The van der Waals surface area contributed by atoms with Crippen LogP contribution in [0, 0.1) is 6.92 Å². The van der Waals surface area contributed by atoms with Crippen LogP contribution >= 0.6 is 0 Å². The highest BCUT2D eigenvalue weighted by molar-refractivity contribution is 5.76. The van der Waals surface area contributed by atoms with E-state index in [-0.39, 0.29) is 18.5 Å². The molecule has 0 saturated carbocycles. The van der Waals surface area contributed by atoms with E-state index in [1.165, 1.54) is 0 Å². The molecule has 2 atom stereocenters. The van der Waals surface area contributed by atoms with Gasteiger partial charge in [0.2, 0.25) is 5.91 Å². The van der Waals surface area contributed by atoms with Gasteiger partial charge < -0.3 is 14.9 Å². The molecule has 2 saturated heterocycles. The first kappa shape index (κ1) is 17.9. The van der Waals surface area contributed by atoms with Crippen molar-refractivity contribution in [1.29, 1.82) is 0 Å². The summed E-state index contributed by atoms with van der Waals surface area (Å²) in [4.78, 5) is 23.3. The lowest BCUT2D eigenvalue weighted by atomic mass is 10.1. The highest BCUT2D eigenvalue weighted by atomic mass is 16.3. The normalized spacial score (nSPS) is 23.8. The van der Waals surface area contributed by atoms with Crippen LogP contribution < -0.4 is 4.90 Å². The van der Waals surface area contributed by atoms with Crippen LogP contribution in [0.1, 0.15) is 5.56 Å². The van der Waals surface area contributed by atoms with Crippen molar-refractivity contribution in [2.45, 2.75) is 25.6 Å². The Bertz CT molecular complexity index is 772. The zero-order valence-electron chi connectivity index (χ0n) is 15.6. The van der Waals surface area contributed by atoms with Gasteiger partial charge in [0.25, 0.3) is 0 Å². The Morgan fingerprint density at radius 3 is 2.70 bits per heavy atom. The fourth-order valence-corrected chi connectivity index (χ4v) is 3.95. The summed E-state index contributed by atoms with van der Waals surface area (Å²) in [5.74, 6) is 1.00. The Hall–Kier alpha value is -2.45. The minimum absolute atomic E-state index is 0.000750. The van der Waals surface area contributed by atoms with Crippen LogP contribution in [0.5, 0.6) is 0 Å². The lowest BCUT2D eigenvalue weighted by Gasteiger charge is -2.39. The second kappa shape index (κ2) is 7.66. The summed E-state index contributed by atoms with van der Waals surface area (Å²) in [7, 11) is 0. The van der Waals surface area contributed by atoms with Crippen molar-refractivity contribution in [2.24, 2.45) is 0 Å². The lowest BCUT2D eigenvalue weighted by Crippen LogP contribution is -2.54. The highest BCUT2D eigenvalue weighted by Crippen LogP contribution is 2.20. The Labute approximate surface area is 159 Å². The zero-order chi connectivity index (χ0) is 18.8. The number of anilines is 1. The Morgan fingerprint density at radius 1 is 1.22 bits per heavy atom. The SMILES string of the molecule is Cc1cnn(CC(=O)N2C[C@H](O)[C@@H](N3CCN(c4ccccn4)CC3)C2)c1. The first-order valence-corrected chi connectivity index (χ1v) is 9.45. The van der Waals surface area contributed by atoms with Gasteiger partial charge >= 0.3 is 0 Å². The monoisotopic (exact) mass is 370 g/mol. The minimum Gasteiger partial charge on any atom is -0.390 e. The fourth-order valence-electron chi connectivity index (χ4n) is 3.95. The zero-order valence-corrected chi connectivity index (χ0v) is 15.6. The van der Waals surface area contributed by atoms with Crippen molar-refractivity contribution in [3.8, 4) is 0 Å². The maximum absolute atomic E-state index is 12.6. The topological polar surface area (TPSA) is 77.7 Å². The summed E-state index contributed by atoms with van der Waals surface area (Å²) in [5.41, 5.74) is 1.04. The average Bonchev–Trinajstić information content (AvgIpc) is 3.28. The molecule has 0 spiro atoms. The number of rotatable bonds is 4. The van der Waals surface area contributed by atoms with E-state index in [2.05, 4.69) is 19.9 Å². The molecule has 0 aromatic carbocycles. The van der Waals surface area contributed by atoms with Gasteiger partial charge in [-0.2, -0.15) is 5.10 Å². The molecule has 0 bridgehead atoms. The summed E-state index contributed by atoms with van der Waals surface area (Å²) in [6.45, 7) is 6.61. The molecule has 144 valence electrons. The molecule has 4 rings (SSSR count). The number of aliphatic hydroxyl groups excluding tert-OH is 1. The molecule has 2 aliphatic rings. The molecule has 27 heavy (non-hydrogen) atoms. The van der Waals surface area contributed by atoms with Crippen LogP contribution in [0.25, 0.3) is 0 Å². The van der Waals surface area contributed by atoms with Crippen LogP contribution in [0.4, 0.5) is 5.82 Å².